The maximum Gasteiger partial charge on any atom is 0.264 e. The van der Waals surface area contributed by atoms with Gasteiger partial charge in [0, 0.05) is 6.04 Å². The number of benzene rings is 1. The molecule has 1 amide bonds. The van der Waals surface area contributed by atoms with E-state index in [1.807, 2.05) is 24.3 Å². The van der Waals surface area contributed by atoms with E-state index in [1.165, 1.54) is 32.1 Å². The first-order chi connectivity index (χ1) is 10.3. The van der Waals surface area contributed by atoms with E-state index in [1.54, 1.807) is 0 Å². The summed E-state index contributed by atoms with van der Waals surface area (Å²) in [6.45, 7) is 0.287. The average Bonchev–Trinajstić information content (AvgIpc) is 2.49. The summed E-state index contributed by atoms with van der Waals surface area (Å²) in [6.07, 6.45) is 7.92. The van der Waals surface area contributed by atoms with Crippen molar-refractivity contribution in [3.05, 3.63) is 24.3 Å². The Balaban J connectivity index is 1.56. The molecule has 2 aliphatic rings. The fourth-order valence-electron chi connectivity index (χ4n) is 3.04. The van der Waals surface area contributed by atoms with Gasteiger partial charge in [0.2, 0.25) is 6.10 Å². The van der Waals surface area contributed by atoms with Crippen LogP contribution in [0.5, 0.6) is 11.5 Å². The van der Waals surface area contributed by atoms with Crippen molar-refractivity contribution in [3.8, 4) is 11.5 Å². The van der Waals surface area contributed by atoms with Crippen LogP contribution in [0.4, 0.5) is 0 Å². The quantitative estimate of drug-likeness (QED) is 0.910. The molecule has 0 unspecified atom stereocenters. The Hall–Kier alpha value is -1.71. The van der Waals surface area contributed by atoms with Crippen molar-refractivity contribution in [2.24, 2.45) is 0 Å². The molecule has 3 rings (SSSR count). The van der Waals surface area contributed by atoms with Crippen LogP contribution in [-0.2, 0) is 4.79 Å². The van der Waals surface area contributed by atoms with Gasteiger partial charge in [-0.15, -0.1) is 0 Å². The molecule has 1 aromatic rings. The van der Waals surface area contributed by atoms with Gasteiger partial charge in [0.1, 0.15) is 6.61 Å². The van der Waals surface area contributed by atoms with Crippen molar-refractivity contribution in [1.29, 1.82) is 0 Å². The smallest absolute Gasteiger partial charge is 0.264 e. The summed E-state index contributed by atoms with van der Waals surface area (Å²) in [6, 6.07) is 7.77. The minimum atomic E-state index is -0.537. The Morgan fingerprint density at radius 2 is 1.67 bits per heavy atom. The summed E-state index contributed by atoms with van der Waals surface area (Å²) in [4.78, 5) is 12.4. The van der Waals surface area contributed by atoms with Gasteiger partial charge < -0.3 is 14.8 Å². The first kappa shape index (κ1) is 14.2. The molecule has 1 aliphatic heterocycles. The highest BCUT2D eigenvalue weighted by Gasteiger charge is 2.28. The maximum absolute atomic E-state index is 12.4. The molecule has 114 valence electrons. The van der Waals surface area contributed by atoms with Crippen molar-refractivity contribution < 1.29 is 14.3 Å². The van der Waals surface area contributed by atoms with Gasteiger partial charge in [-0.1, -0.05) is 44.2 Å². The summed E-state index contributed by atoms with van der Waals surface area (Å²) in [5.74, 6) is 1.32. The molecule has 4 nitrogen and oxygen atoms in total. The van der Waals surface area contributed by atoms with Gasteiger partial charge in [-0.2, -0.15) is 0 Å². The van der Waals surface area contributed by atoms with Crippen molar-refractivity contribution in [3.63, 3.8) is 0 Å². The standard InChI is InChI=1S/C17H23NO3/c19-17(18-13-8-4-2-1-3-5-9-13)16-12-20-14-10-6-7-11-15(14)21-16/h6-7,10-11,13,16H,1-5,8-9,12H2,(H,18,19)/t16-/m1/s1. The van der Waals surface area contributed by atoms with E-state index in [0.29, 0.717) is 17.5 Å². The molecular weight excluding hydrogens is 266 g/mol. The lowest BCUT2D eigenvalue weighted by atomic mass is 9.96. The molecule has 1 aromatic carbocycles. The van der Waals surface area contributed by atoms with E-state index in [0.717, 1.165) is 12.8 Å². The van der Waals surface area contributed by atoms with Crippen LogP contribution in [-0.4, -0.2) is 24.7 Å². The van der Waals surface area contributed by atoms with Crippen LogP contribution in [0.15, 0.2) is 24.3 Å². The van der Waals surface area contributed by atoms with Crippen molar-refractivity contribution >= 4 is 5.91 Å². The molecule has 0 spiro atoms. The van der Waals surface area contributed by atoms with Gasteiger partial charge in [0.05, 0.1) is 0 Å². The maximum atomic E-state index is 12.4. The average molecular weight is 289 g/mol. The molecule has 1 N–H and O–H groups in total. The van der Waals surface area contributed by atoms with E-state index in [2.05, 4.69) is 5.32 Å². The molecule has 1 saturated carbocycles. The number of hydrogen-bond donors (Lipinski definition) is 1. The summed E-state index contributed by atoms with van der Waals surface area (Å²) in [5, 5.41) is 3.14. The number of ether oxygens (including phenoxy) is 2. The van der Waals surface area contributed by atoms with Crippen LogP contribution in [0, 0.1) is 0 Å². The fraction of sp³-hybridized carbons (Fsp3) is 0.588. The number of fused-ring (bicyclic) bond motifs is 1. The molecule has 0 radical (unpaired) electrons. The molecule has 0 bridgehead atoms. The van der Waals surface area contributed by atoms with Gasteiger partial charge in [0.25, 0.3) is 5.91 Å². The minimum absolute atomic E-state index is 0.0462. The Labute approximate surface area is 125 Å². The predicted octanol–water partition coefficient (Wildman–Crippen LogP) is 3.06. The van der Waals surface area contributed by atoms with Gasteiger partial charge in [0.15, 0.2) is 11.5 Å². The zero-order chi connectivity index (χ0) is 14.5. The topological polar surface area (TPSA) is 47.6 Å². The molecule has 0 aromatic heterocycles. The molecule has 21 heavy (non-hydrogen) atoms. The highest BCUT2D eigenvalue weighted by atomic mass is 16.6. The van der Waals surface area contributed by atoms with E-state index in [4.69, 9.17) is 9.47 Å². The van der Waals surface area contributed by atoms with Crippen molar-refractivity contribution in [1.82, 2.24) is 5.32 Å². The van der Waals surface area contributed by atoms with Crippen LogP contribution < -0.4 is 14.8 Å². The first-order valence-electron chi connectivity index (χ1n) is 8.02. The minimum Gasteiger partial charge on any atom is -0.485 e. The highest BCUT2D eigenvalue weighted by molar-refractivity contribution is 5.82. The normalized spacial score (nSPS) is 23.0. The summed E-state index contributed by atoms with van der Waals surface area (Å²) >= 11 is 0. The Morgan fingerprint density at radius 3 is 2.43 bits per heavy atom. The van der Waals surface area contributed by atoms with Crippen LogP contribution in [0.3, 0.4) is 0 Å². The summed E-state index contributed by atoms with van der Waals surface area (Å²) < 4.78 is 11.4. The van der Waals surface area contributed by atoms with Gasteiger partial charge in [-0.05, 0) is 25.0 Å². The van der Waals surface area contributed by atoms with Crippen molar-refractivity contribution in [2.45, 2.75) is 57.1 Å². The monoisotopic (exact) mass is 289 g/mol. The lowest BCUT2D eigenvalue weighted by molar-refractivity contribution is -0.131. The number of para-hydroxylation sites is 2. The molecule has 4 heteroatoms. The molecule has 1 atom stereocenters. The van der Waals surface area contributed by atoms with E-state index in [-0.39, 0.29) is 12.5 Å². The van der Waals surface area contributed by atoms with Gasteiger partial charge >= 0.3 is 0 Å². The van der Waals surface area contributed by atoms with E-state index < -0.39 is 6.10 Å². The molecule has 1 heterocycles. The predicted molar refractivity (Wildman–Crippen MR) is 80.6 cm³/mol. The first-order valence-corrected chi connectivity index (χ1v) is 8.02. The second kappa shape index (κ2) is 6.83. The third-order valence-electron chi connectivity index (χ3n) is 4.25. The zero-order valence-corrected chi connectivity index (χ0v) is 12.3. The lowest BCUT2D eigenvalue weighted by Gasteiger charge is -2.28. The summed E-state index contributed by atoms with van der Waals surface area (Å²) in [7, 11) is 0. The molecule has 1 fully saturated rings. The van der Waals surface area contributed by atoms with Gasteiger partial charge in [-0.25, -0.2) is 0 Å². The number of amides is 1. The van der Waals surface area contributed by atoms with Crippen LogP contribution >= 0.6 is 0 Å². The van der Waals surface area contributed by atoms with Crippen LogP contribution in [0.1, 0.15) is 44.9 Å². The Kier molecular flexibility index (Phi) is 4.63. The third-order valence-corrected chi connectivity index (χ3v) is 4.25. The largest absolute Gasteiger partial charge is 0.485 e. The molecule has 1 aliphatic carbocycles. The van der Waals surface area contributed by atoms with Crippen LogP contribution in [0.25, 0.3) is 0 Å². The third kappa shape index (κ3) is 3.69. The number of carbonyl (C=O) groups excluding carboxylic acids is 1. The second-order valence-corrected chi connectivity index (χ2v) is 5.91. The van der Waals surface area contributed by atoms with E-state index in [9.17, 15) is 4.79 Å². The summed E-state index contributed by atoms with van der Waals surface area (Å²) in [5.41, 5.74) is 0. The number of hydrogen-bond acceptors (Lipinski definition) is 3. The van der Waals surface area contributed by atoms with Gasteiger partial charge in [-0.3, -0.25) is 4.79 Å². The second-order valence-electron chi connectivity index (χ2n) is 5.91. The molecule has 0 saturated heterocycles. The van der Waals surface area contributed by atoms with Crippen LogP contribution in [0.2, 0.25) is 0 Å². The Bertz CT molecular complexity index is 481. The zero-order valence-electron chi connectivity index (χ0n) is 12.3. The lowest BCUT2D eigenvalue weighted by Crippen LogP contribution is -2.47. The fourth-order valence-corrected chi connectivity index (χ4v) is 3.04. The van der Waals surface area contributed by atoms with Crippen molar-refractivity contribution in [2.75, 3.05) is 6.61 Å². The van der Waals surface area contributed by atoms with E-state index >= 15 is 0 Å². The SMILES string of the molecule is O=C(NC1CCCCCCC1)[C@H]1COc2ccccc2O1. The number of rotatable bonds is 2. The number of nitrogens with one attached hydrogen (secondary N) is 1. The highest BCUT2D eigenvalue weighted by Crippen LogP contribution is 2.31. The Morgan fingerprint density at radius 1 is 1.00 bits per heavy atom. The number of carbonyl (C=O) groups is 1. The molecular formula is C17H23NO3.